The highest BCUT2D eigenvalue weighted by Gasteiger charge is 2.14. The zero-order valence-electron chi connectivity index (χ0n) is 8.79. The fourth-order valence-electron chi connectivity index (χ4n) is 1.71. The van der Waals surface area contributed by atoms with Crippen molar-refractivity contribution in [2.75, 3.05) is 13.1 Å². The van der Waals surface area contributed by atoms with Crippen molar-refractivity contribution in [3.63, 3.8) is 0 Å². The van der Waals surface area contributed by atoms with Crippen LogP contribution in [0.3, 0.4) is 0 Å². The minimum absolute atomic E-state index is 0.285. The average Bonchev–Trinajstić information content (AvgIpc) is 2.75. The molecule has 0 radical (unpaired) electrons. The molecule has 0 saturated carbocycles. The second kappa shape index (κ2) is 4.82. The first-order chi connectivity index (χ1) is 7.66. The van der Waals surface area contributed by atoms with Crippen LogP contribution in [-0.4, -0.2) is 23.9 Å². The molecular weight excluding hydrogens is 273 g/mol. The number of benzene rings is 1. The molecule has 0 atom stereocenters. The zero-order chi connectivity index (χ0) is 11.5. The van der Waals surface area contributed by atoms with Crippen LogP contribution in [0.15, 0.2) is 27.7 Å². The van der Waals surface area contributed by atoms with E-state index in [0.29, 0.717) is 10.4 Å². The molecule has 1 heterocycles. The molecule has 0 unspecified atom stereocenters. The zero-order valence-corrected chi connectivity index (χ0v) is 10.4. The highest BCUT2D eigenvalue weighted by Crippen LogP contribution is 2.22. The quantitative estimate of drug-likeness (QED) is 0.637. The molecule has 1 aromatic rings. The fourth-order valence-corrected chi connectivity index (χ4v) is 2.05. The van der Waals surface area contributed by atoms with E-state index < -0.39 is 0 Å². The molecule has 2 N–H and O–H groups in total. The summed E-state index contributed by atoms with van der Waals surface area (Å²) in [7, 11) is 0. The van der Waals surface area contributed by atoms with Crippen LogP contribution in [0.4, 0.5) is 10.1 Å². The number of rotatable bonds is 1. The summed E-state index contributed by atoms with van der Waals surface area (Å²) in [5.41, 5.74) is 6.10. The lowest BCUT2D eigenvalue weighted by atomic mass is 10.3. The third-order valence-electron chi connectivity index (χ3n) is 2.57. The number of halogens is 2. The van der Waals surface area contributed by atoms with Crippen LogP contribution >= 0.6 is 15.9 Å². The van der Waals surface area contributed by atoms with Gasteiger partial charge < -0.3 is 10.6 Å². The Bertz CT molecular complexity index is 414. The van der Waals surface area contributed by atoms with Crippen LogP contribution < -0.4 is 5.73 Å². The predicted octanol–water partition coefficient (Wildman–Crippen LogP) is 2.63. The minimum Gasteiger partial charge on any atom is -0.369 e. The van der Waals surface area contributed by atoms with Gasteiger partial charge in [0.15, 0.2) is 5.96 Å². The molecule has 0 aromatic heterocycles. The van der Waals surface area contributed by atoms with Crippen molar-refractivity contribution in [3.05, 3.63) is 28.5 Å². The van der Waals surface area contributed by atoms with Gasteiger partial charge in [0.1, 0.15) is 11.5 Å². The highest BCUT2D eigenvalue weighted by atomic mass is 79.9. The van der Waals surface area contributed by atoms with Crippen molar-refractivity contribution in [3.8, 4) is 0 Å². The van der Waals surface area contributed by atoms with E-state index in [1.54, 1.807) is 12.1 Å². The van der Waals surface area contributed by atoms with Gasteiger partial charge in [-0.25, -0.2) is 9.38 Å². The Hall–Kier alpha value is -1.10. The number of nitrogens with two attached hydrogens (primary N) is 1. The highest BCUT2D eigenvalue weighted by molar-refractivity contribution is 9.10. The Morgan fingerprint density at radius 1 is 1.38 bits per heavy atom. The lowest BCUT2D eigenvalue weighted by Crippen LogP contribution is -2.34. The third kappa shape index (κ3) is 2.52. The minimum atomic E-state index is -0.364. The summed E-state index contributed by atoms with van der Waals surface area (Å²) in [6.07, 6.45) is 2.25. The van der Waals surface area contributed by atoms with Crippen molar-refractivity contribution in [2.24, 2.45) is 10.7 Å². The number of aliphatic imine (C=N–C) groups is 1. The topological polar surface area (TPSA) is 41.6 Å². The monoisotopic (exact) mass is 285 g/mol. The van der Waals surface area contributed by atoms with Crippen molar-refractivity contribution in [1.29, 1.82) is 0 Å². The normalized spacial score (nSPS) is 16.9. The van der Waals surface area contributed by atoms with E-state index in [1.807, 2.05) is 4.90 Å². The van der Waals surface area contributed by atoms with Gasteiger partial charge in [0.05, 0.1) is 0 Å². The number of hydrogen-bond donors (Lipinski definition) is 1. The molecule has 0 spiro atoms. The first-order valence-corrected chi connectivity index (χ1v) is 6.00. The van der Waals surface area contributed by atoms with Crippen molar-refractivity contribution in [2.45, 2.75) is 12.8 Å². The van der Waals surface area contributed by atoms with Gasteiger partial charge in [-0.15, -0.1) is 0 Å². The summed E-state index contributed by atoms with van der Waals surface area (Å²) in [5, 5.41) is 0. The standard InChI is InChI=1S/C11H13BrFN3/c12-8-3-4-10(9(13)7-8)15-11(14)16-5-1-2-6-16/h3-4,7H,1-2,5-6H2,(H2,14,15). The van der Waals surface area contributed by atoms with E-state index >= 15 is 0 Å². The molecule has 0 aliphatic carbocycles. The van der Waals surface area contributed by atoms with Gasteiger partial charge in [-0.3, -0.25) is 0 Å². The van der Waals surface area contributed by atoms with Gasteiger partial charge in [0.2, 0.25) is 0 Å². The van der Waals surface area contributed by atoms with Gasteiger partial charge in [0.25, 0.3) is 0 Å². The second-order valence-corrected chi connectivity index (χ2v) is 4.68. The fraction of sp³-hybridized carbons (Fsp3) is 0.364. The summed E-state index contributed by atoms with van der Waals surface area (Å²) in [4.78, 5) is 6.08. The molecular formula is C11H13BrFN3. The lowest BCUT2D eigenvalue weighted by Gasteiger charge is -2.15. The number of guanidine groups is 1. The summed E-state index contributed by atoms with van der Waals surface area (Å²) in [5.74, 6) is 0.0373. The molecule has 1 aliphatic rings. The van der Waals surface area contributed by atoms with E-state index in [0.717, 1.165) is 25.9 Å². The van der Waals surface area contributed by atoms with Gasteiger partial charge in [-0.05, 0) is 31.0 Å². The van der Waals surface area contributed by atoms with Crippen molar-refractivity contribution >= 4 is 27.6 Å². The van der Waals surface area contributed by atoms with Gasteiger partial charge in [0, 0.05) is 17.6 Å². The Labute approximate surface area is 102 Å². The Morgan fingerprint density at radius 2 is 2.06 bits per heavy atom. The van der Waals surface area contributed by atoms with Gasteiger partial charge in [-0.2, -0.15) is 0 Å². The van der Waals surface area contributed by atoms with E-state index in [1.165, 1.54) is 6.07 Å². The maximum atomic E-state index is 13.5. The smallest absolute Gasteiger partial charge is 0.196 e. The third-order valence-corrected chi connectivity index (χ3v) is 3.07. The van der Waals surface area contributed by atoms with Crippen LogP contribution in [0.5, 0.6) is 0 Å². The number of hydrogen-bond acceptors (Lipinski definition) is 1. The molecule has 3 nitrogen and oxygen atoms in total. The molecule has 16 heavy (non-hydrogen) atoms. The van der Waals surface area contributed by atoms with E-state index in [9.17, 15) is 4.39 Å². The van der Waals surface area contributed by atoms with E-state index in [-0.39, 0.29) is 11.5 Å². The first-order valence-electron chi connectivity index (χ1n) is 5.21. The Balaban J connectivity index is 2.20. The van der Waals surface area contributed by atoms with E-state index in [4.69, 9.17) is 5.73 Å². The molecule has 1 saturated heterocycles. The molecule has 2 rings (SSSR count). The maximum absolute atomic E-state index is 13.5. The Morgan fingerprint density at radius 3 is 2.69 bits per heavy atom. The molecule has 5 heteroatoms. The maximum Gasteiger partial charge on any atom is 0.196 e. The molecule has 1 aliphatic heterocycles. The van der Waals surface area contributed by atoms with Gasteiger partial charge in [-0.1, -0.05) is 15.9 Å². The molecule has 1 aromatic carbocycles. The van der Waals surface area contributed by atoms with Crippen LogP contribution in [0.25, 0.3) is 0 Å². The summed E-state index contributed by atoms with van der Waals surface area (Å²) in [6.45, 7) is 1.82. The number of likely N-dealkylation sites (tertiary alicyclic amines) is 1. The van der Waals surface area contributed by atoms with E-state index in [2.05, 4.69) is 20.9 Å². The Kier molecular flexibility index (Phi) is 3.43. The number of nitrogens with zero attached hydrogens (tertiary/aromatic N) is 2. The summed E-state index contributed by atoms with van der Waals surface area (Å²) in [6, 6.07) is 4.75. The first kappa shape index (κ1) is 11.4. The molecule has 86 valence electrons. The van der Waals surface area contributed by atoms with Crippen molar-refractivity contribution < 1.29 is 4.39 Å². The summed E-state index contributed by atoms with van der Waals surface area (Å²) >= 11 is 3.20. The molecule has 0 bridgehead atoms. The lowest BCUT2D eigenvalue weighted by molar-refractivity contribution is 0.513. The molecule has 0 amide bonds. The average molecular weight is 286 g/mol. The molecule has 1 fully saturated rings. The second-order valence-electron chi connectivity index (χ2n) is 3.76. The van der Waals surface area contributed by atoms with Crippen molar-refractivity contribution in [1.82, 2.24) is 4.90 Å². The van der Waals surface area contributed by atoms with Crippen LogP contribution in [0, 0.1) is 5.82 Å². The van der Waals surface area contributed by atoms with Gasteiger partial charge >= 0.3 is 0 Å². The predicted molar refractivity (Wildman–Crippen MR) is 66.2 cm³/mol. The van der Waals surface area contributed by atoms with Crippen LogP contribution in [0.2, 0.25) is 0 Å². The van der Waals surface area contributed by atoms with Crippen LogP contribution in [0.1, 0.15) is 12.8 Å². The largest absolute Gasteiger partial charge is 0.369 e. The summed E-state index contributed by atoms with van der Waals surface area (Å²) < 4.78 is 14.2. The SMILES string of the molecule is NC(=Nc1ccc(Br)cc1F)N1CCCC1. The van der Waals surface area contributed by atoms with Crippen LogP contribution in [-0.2, 0) is 0 Å².